The monoisotopic (exact) mass is 568 g/mol. The minimum atomic E-state index is -0.123. The first-order valence-corrected chi connectivity index (χ1v) is 11.2. The van der Waals surface area contributed by atoms with E-state index in [0.717, 1.165) is 62.9 Å². The van der Waals surface area contributed by atoms with E-state index in [9.17, 15) is 5.11 Å². The molecule has 0 spiro atoms. The fourth-order valence-corrected chi connectivity index (χ4v) is 3.87. The van der Waals surface area contributed by atoms with Gasteiger partial charge >= 0.3 is 0 Å². The molecule has 0 bridgehead atoms. The molecule has 0 radical (unpaired) electrons. The van der Waals surface area contributed by atoms with E-state index in [-0.39, 0.29) is 30.1 Å². The van der Waals surface area contributed by atoms with Gasteiger partial charge in [0.15, 0.2) is 17.5 Å². The Balaban J connectivity index is 0.00000385. The van der Waals surface area contributed by atoms with Crippen LogP contribution < -0.4 is 20.1 Å². The van der Waals surface area contributed by atoms with E-state index in [0.29, 0.717) is 6.54 Å². The summed E-state index contributed by atoms with van der Waals surface area (Å²) >= 11 is 0. The number of hydrogen-bond donors (Lipinski definition) is 3. The van der Waals surface area contributed by atoms with Crippen molar-refractivity contribution >= 4 is 29.9 Å². The highest BCUT2D eigenvalue weighted by molar-refractivity contribution is 14.0. The molecule has 0 saturated carbocycles. The first kappa shape index (κ1) is 27.2. The van der Waals surface area contributed by atoms with Crippen LogP contribution in [0.5, 0.6) is 11.5 Å². The quantitative estimate of drug-likeness (QED) is 0.245. The molecule has 1 aliphatic heterocycles. The van der Waals surface area contributed by atoms with Gasteiger partial charge < -0.3 is 25.2 Å². The second-order valence-electron chi connectivity index (χ2n) is 8.12. The number of aliphatic hydroxyl groups is 1. The molecule has 0 aliphatic carbocycles. The molecule has 3 N–H and O–H groups in total. The van der Waals surface area contributed by atoms with Crippen LogP contribution in [0.1, 0.15) is 29.5 Å². The average Bonchev–Trinajstić information content (AvgIpc) is 2.83. The van der Waals surface area contributed by atoms with E-state index in [1.807, 2.05) is 18.2 Å². The Morgan fingerprint density at radius 3 is 2.24 bits per heavy atom. The van der Waals surface area contributed by atoms with Gasteiger partial charge in [0.2, 0.25) is 0 Å². The number of nitrogens with one attached hydrogen (secondary N) is 2. The number of ether oxygens (including phenoxy) is 2. The zero-order valence-electron chi connectivity index (χ0n) is 19.8. The summed E-state index contributed by atoms with van der Waals surface area (Å²) in [5.41, 5.74) is 3.69. The molecular weight excluding hydrogens is 531 g/mol. The van der Waals surface area contributed by atoms with Gasteiger partial charge in [0.1, 0.15) is 0 Å². The average molecular weight is 569 g/mol. The van der Waals surface area contributed by atoms with Gasteiger partial charge in [-0.3, -0.25) is 9.89 Å². The number of hydrogen-bond acceptors (Lipinski definition) is 5. The second-order valence-corrected chi connectivity index (χ2v) is 8.12. The van der Waals surface area contributed by atoms with Crippen molar-refractivity contribution in [2.75, 3.05) is 40.9 Å². The molecule has 2 aromatic carbocycles. The second kappa shape index (κ2) is 14.3. The first-order chi connectivity index (χ1) is 15.6. The Morgan fingerprint density at radius 1 is 0.970 bits per heavy atom. The standard InChI is InChI=1S/C25H36N4O3.HI/c1-26-25(27-13-10-19-8-9-23(31-2)24(16-19)32-3)28-17-20-4-6-21(7-5-20)18-29-14-11-22(30)12-15-29;/h4-9,16,22,30H,10-15,17-18H2,1-3H3,(H2,26,27,28);1H. The van der Waals surface area contributed by atoms with Crippen LogP contribution in [-0.4, -0.2) is 63.0 Å². The molecule has 3 rings (SSSR count). The van der Waals surface area contributed by atoms with Gasteiger partial charge in [-0.25, -0.2) is 0 Å². The molecule has 33 heavy (non-hydrogen) atoms. The summed E-state index contributed by atoms with van der Waals surface area (Å²) in [6, 6.07) is 14.7. The molecule has 8 heteroatoms. The Morgan fingerprint density at radius 2 is 1.61 bits per heavy atom. The van der Waals surface area contributed by atoms with Crippen LogP contribution in [0.3, 0.4) is 0 Å². The lowest BCUT2D eigenvalue weighted by atomic mass is 10.1. The highest BCUT2D eigenvalue weighted by Crippen LogP contribution is 2.27. The number of benzene rings is 2. The molecular formula is C25H37IN4O3. The molecule has 0 aromatic heterocycles. The minimum absolute atomic E-state index is 0. The number of methoxy groups -OCH3 is 2. The summed E-state index contributed by atoms with van der Waals surface area (Å²) in [6.45, 7) is 4.36. The highest BCUT2D eigenvalue weighted by Gasteiger charge is 2.16. The molecule has 0 atom stereocenters. The number of aliphatic hydroxyl groups excluding tert-OH is 1. The topological polar surface area (TPSA) is 78.4 Å². The third-order valence-electron chi connectivity index (χ3n) is 5.82. The maximum Gasteiger partial charge on any atom is 0.191 e. The van der Waals surface area contributed by atoms with Crippen LogP contribution in [0.25, 0.3) is 0 Å². The van der Waals surface area contributed by atoms with Gasteiger partial charge in [0.05, 0.1) is 20.3 Å². The van der Waals surface area contributed by atoms with Crippen LogP contribution in [-0.2, 0) is 19.5 Å². The molecule has 1 fully saturated rings. The maximum atomic E-state index is 9.65. The fourth-order valence-electron chi connectivity index (χ4n) is 3.87. The fraction of sp³-hybridized carbons (Fsp3) is 0.480. The molecule has 1 heterocycles. The molecule has 1 aliphatic rings. The van der Waals surface area contributed by atoms with Crippen LogP contribution in [0.2, 0.25) is 0 Å². The van der Waals surface area contributed by atoms with Crippen molar-refractivity contribution < 1.29 is 14.6 Å². The van der Waals surface area contributed by atoms with Crippen LogP contribution in [0.15, 0.2) is 47.5 Å². The molecule has 2 aromatic rings. The van der Waals surface area contributed by atoms with Crippen LogP contribution >= 0.6 is 24.0 Å². The van der Waals surface area contributed by atoms with Gasteiger partial charge in [-0.05, 0) is 48.1 Å². The lowest BCUT2D eigenvalue weighted by Gasteiger charge is -2.29. The number of piperidine rings is 1. The summed E-state index contributed by atoms with van der Waals surface area (Å²) in [5.74, 6) is 2.26. The zero-order chi connectivity index (χ0) is 22.8. The lowest BCUT2D eigenvalue weighted by molar-refractivity contribution is 0.0792. The molecule has 7 nitrogen and oxygen atoms in total. The lowest BCUT2D eigenvalue weighted by Crippen LogP contribution is -2.37. The van der Waals surface area contributed by atoms with Crippen molar-refractivity contribution in [2.24, 2.45) is 4.99 Å². The largest absolute Gasteiger partial charge is 0.493 e. The summed E-state index contributed by atoms with van der Waals surface area (Å²) in [6.07, 6.45) is 2.48. The van der Waals surface area contributed by atoms with E-state index in [4.69, 9.17) is 9.47 Å². The summed E-state index contributed by atoms with van der Waals surface area (Å²) in [7, 11) is 5.07. The maximum absolute atomic E-state index is 9.65. The molecule has 1 saturated heterocycles. The van der Waals surface area contributed by atoms with Crippen molar-refractivity contribution in [3.8, 4) is 11.5 Å². The van der Waals surface area contributed by atoms with E-state index >= 15 is 0 Å². The van der Waals surface area contributed by atoms with Crippen molar-refractivity contribution in [2.45, 2.75) is 38.5 Å². The highest BCUT2D eigenvalue weighted by atomic mass is 127. The van der Waals surface area contributed by atoms with Gasteiger partial charge in [-0.1, -0.05) is 30.3 Å². The third kappa shape index (κ3) is 8.68. The van der Waals surface area contributed by atoms with E-state index in [2.05, 4.69) is 44.8 Å². The molecule has 0 unspecified atom stereocenters. The first-order valence-electron chi connectivity index (χ1n) is 11.2. The van der Waals surface area contributed by atoms with Crippen LogP contribution in [0.4, 0.5) is 0 Å². The SMILES string of the molecule is CN=C(NCCc1ccc(OC)c(OC)c1)NCc1ccc(CN2CCC(O)CC2)cc1.I. The minimum Gasteiger partial charge on any atom is -0.493 e. The number of rotatable bonds is 9. The molecule has 0 amide bonds. The van der Waals surface area contributed by atoms with Gasteiger partial charge in [-0.2, -0.15) is 0 Å². The van der Waals surface area contributed by atoms with Gasteiger partial charge in [0.25, 0.3) is 0 Å². The molecule has 182 valence electrons. The Bertz CT molecular complexity index is 868. The number of halogens is 1. The summed E-state index contributed by atoms with van der Waals surface area (Å²) in [5, 5.41) is 16.4. The Kier molecular flexibility index (Phi) is 11.8. The van der Waals surface area contributed by atoms with Crippen molar-refractivity contribution in [1.29, 1.82) is 0 Å². The smallest absolute Gasteiger partial charge is 0.191 e. The normalized spacial score (nSPS) is 15.0. The van der Waals surface area contributed by atoms with Crippen LogP contribution in [0, 0.1) is 0 Å². The number of aliphatic imine (C=N–C) groups is 1. The zero-order valence-corrected chi connectivity index (χ0v) is 22.2. The number of nitrogens with zero attached hydrogens (tertiary/aromatic N) is 2. The Labute approximate surface area is 214 Å². The Hall–Kier alpha value is -2.04. The summed E-state index contributed by atoms with van der Waals surface area (Å²) < 4.78 is 10.7. The van der Waals surface area contributed by atoms with E-state index < -0.39 is 0 Å². The number of likely N-dealkylation sites (tertiary alicyclic amines) is 1. The van der Waals surface area contributed by atoms with E-state index in [1.165, 1.54) is 16.7 Å². The van der Waals surface area contributed by atoms with E-state index in [1.54, 1.807) is 21.3 Å². The number of guanidine groups is 1. The third-order valence-corrected chi connectivity index (χ3v) is 5.82. The predicted molar refractivity (Wildman–Crippen MR) is 144 cm³/mol. The van der Waals surface area contributed by atoms with Crippen molar-refractivity contribution in [3.63, 3.8) is 0 Å². The van der Waals surface area contributed by atoms with Gasteiger partial charge in [-0.15, -0.1) is 24.0 Å². The van der Waals surface area contributed by atoms with Crippen molar-refractivity contribution in [1.82, 2.24) is 15.5 Å². The summed E-state index contributed by atoms with van der Waals surface area (Å²) in [4.78, 5) is 6.73. The predicted octanol–water partition coefficient (Wildman–Crippen LogP) is 3.19. The van der Waals surface area contributed by atoms with Gasteiger partial charge in [0, 0.05) is 39.8 Å². The van der Waals surface area contributed by atoms with Crippen molar-refractivity contribution in [3.05, 3.63) is 59.2 Å².